The maximum atomic E-state index is 12.5. The Kier molecular flexibility index (Phi) is 6.13. The van der Waals surface area contributed by atoms with Gasteiger partial charge in [-0.2, -0.15) is 4.31 Å². The molecule has 0 unspecified atom stereocenters. The maximum absolute atomic E-state index is 12.5. The average Bonchev–Trinajstić information content (AvgIpc) is 2.47. The predicted octanol–water partition coefficient (Wildman–Crippen LogP) is 0.656. The van der Waals surface area contributed by atoms with Crippen LogP contribution in [0.4, 0.5) is 11.4 Å². The van der Waals surface area contributed by atoms with Crippen molar-refractivity contribution in [2.24, 2.45) is 5.73 Å². The van der Waals surface area contributed by atoms with Crippen molar-refractivity contribution in [2.45, 2.75) is 18.7 Å². The van der Waals surface area contributed by atoms with E-state index >= 15 is 0 Å². The molecule has 0 saturated carbocycles. The molecule has 0 atom stereocenters. The summed E-state index contributed by atoms with van der Waals surface area (Å²) in [5.74, 6) is -0.385. The first-order valence-corrected chi connectivity index (χ1v) is 8.16. The maximum Gasteiger partial charge on any atom is 0.243 e. The van der Waals surface area contributed by atoms with Crippen LogP contribution < -0.4 is 16.4 Å². The number of hydrogen-bond acceptors (Lipinski definition) is 5. The van der Waals surface area contributed by atoms with Crippen molar-refractivity contribution in [1.82, 2.24) is 4.31 Å². The lowest BCUT2D eigenvalue weighted by atomic mass is 10.2. The van der Waals surface area contributed by atoms with Crippen LogP contribution in [0, 0.1) is 0 Å². The summed E-state index contributed by atoms with van der Waals surface area (Å²) < 4.78 is 26.3. The second kappa shape index (κ2) is 7.39. The highest BCUT2D eigenvalue weighted by Crippen LogP contribution is 2.26. The summed E-state index contributed by atoms with van der Waals surface area (Å²) in [7, 11) is -1.88. The largest absolute Gasteiger partial charge is 0.386 e. The van der Waals surface area contributed by atoms with Gasteiger partial charge >= 0.3 is 0 Å². The fourth-order valence-corrected chi connectivity index (χ4v) is 3.40. The molecule has 118 valence electrons. The molecule has 1 amide bonds. The van der Waals surface area contributed by atoms with Gasteiger partial charge in [0, 0.05) is 20.1 Å². The Labute approximate surface area is 125 Å². The number of benzene rings is 1. The van der Waals surface area contributed by atoms with Crippen LogP contribution in [0.5, 0.6) is 0 Å². The second-order valence-electron chi connectivity index (χ2n) is 4.30. The van der Waals surface area contributed by atoms with Crippen LogP contribution in [0.25, 0.3) is 0 Å². The molecule has 0 aliphatic carbocycles. The van der Waals surface area contributed by atoms with E-state index in [1.54, 1.807) is 27.0 Å². The van der Waals surface area contributed by atoms with Gasteiger partial charge in [0.1, 0.15) is 0 Å². The molecule has 7 nitrogen and oxygen atoms in total. The van der Waals surface area contributed by atoms with E-state index in [1.807, 2.05) is 0 Å². The van der Waals surface area contributed by atoms with Gasteiger partial charge in [-0.1, -0.05) is 13.8 Å². The van der Waals surface area contributed by atoms with Crippen molar-refractivity contribution in [3.05, 3.63) is 18.2 Å². The first-order valence-electron chi connectivity index (χ1n) is 6.72. The highest BCUT2D eigenvalue weighted by atomic mass is 32.2. The zero-order chi connectivity index (χ0) is 16.0. The van der Waals surface area contributed by atoms with Gasteiger partial charge in [0.05, 0.1) is 22.8 Å². The Bertz CT molecular complexity index is 597. The number of nitrogens with zero attached hydrogens (tertiary/aromatic N) is 1. The highest BCUT2D eigenvalue weighted by Gasteiger charge is 2.22. The summed E-state index contributed by atoms with van der Waals surface area (Å²) >= 11 is 0. The minimum Gasteiger partial charge on any atom is -0.386 e. The molecule has 0 aliphatic rings. The number of carbonyl (C=O) groups is 1. The number of anilines is 2. The van der Waals surface area contributed by atoms with Gasteiger partial charge in [-0.3, -0.25) is 4.79 Å². The Hall–Kier alpha value is -1.64. The van der Waals surface area contributed by atoms with E-state index in [0.717, 1.165) is 0 Å². The van der Waals surface area contributed by atoms with Crippen LogP contribution >= 0.6 is 0 Å². The van der Waals surface area contributed by atoms with Gasteiger partial charge in [-0.15, -0.1) is 0 Å². The van der Waals surface area contributed by atoms with E-state index in [4.69, 9.17) is 5.73 Å². The highest BCUT2D eigenvalue weighted by molar-refractivity contribution is 7.89. The Balaban J connectivity index is 3.27. The zero-order valence-electron chi connectivity index (χ0n) is 12.5. The van der Waals surface area contributed by atoms with Crippen molar-refractivity contribution in [1.29, 1.82) is 0 Å². The Morgan fingerprint density at radius 1 is 1.24 bits per heavy atom. The first kappa shape index (κ1) is 17.4. The normalized spacial score (nSPS) is 11.5. The topological polar surface area (TPSA) is 105 Å². The summed E-state index contributed by atoms with van der Waals surface area (Å²) in [5.41, 5.74) is 6.28. The van der Waals surface area contributed by atoms with Gasteiger partial charge in [0.15, 0.2) is 0 Å². The number of nitrogens with one attached hydrogen (secondary N) is 2. The predicted molar refractivity (Wildman–Crippen MR) is 83.8 cm³/mol. The van der Waals surface area contributed by atoms with E-state index < -0.39 is 10.0 Å². The molecule has 0 aromatic heterocycles. The van der Waals surface area contributed by atoms with E-state index in [1.165, 1.54) is 16.4 Å². The van der Waals surface area contributed by atoms with Gasteiger partial charge in [0.25, 0.3) is 0 Å². The molecule has 0 aliphatic heterocycles. The third kappa shape index (κ3) is 3.93. The van der Waals surface area contributed by atoms with Crippen LogP contribution in [-0.4, -0.2) is 45.3 Å². The molecule has 0 heterocycles. The fourth-order valence-electron chi connectivity index (χ4n) is 1.92. The monoisotopic (exact) mass is 314 g/mol. The Morgan fingerprint density at radius 3 is 2.33 bits per heavy atom. The summed E-state index contributed by atoms with van der Waals surface area (Å²) in [6.45, 7) is 4.16. The van der Waals surface area contributed by atoms with Crippen LogP contribution in [0.1, 0.15) is 13.8 Å². The third-order valence-electron chi connectivity index (χ3n) is 3.06. The minimum absolute atomic E-state index is 0.137. The lowest BCUT2D eigenvalue weighted by molar-refractivity contribution is -0.114. The molecular weight excluding hydrogens is 292 g/mol. The SMILES string of the molecule is CCN(CC)S(=O)(=O)c1ccc(NC)c(NC(=O)CN)c1. The molecule has 1 aromatic rings. The van der Waals surface area contributed by atoms with Gasteiger partial charge in [-0.05, 0) is 18.2 Å². The molecule has 0 bridgehead atoms. The van der Waals surface area contributed by atoms with Gasteiger partial charge in [0.2, 0.25) is 15.9 Å². The van der Waals surface area contributed by atoms with Gasteiger partial charge in [-0.25, -0.2) is 8.42 Å². The number of sulfonamides is 1. The molecule has 0 saturated heterocycles. The quantitative estimate of drug-likeness (QED) is 0.685. The number of rotatable bonds is 7. The standard InChI is InChI=1S/C13H22N4O3S/c1-4-17(5-2)21(19,20)10-6-7-11(15-3)12(8-10)16-13(18)9-14/h6-8,15H,4-5,9,14H2,1-3H3,(H,16,18). The van der Waals surface area contributed by atoms with E-state index in [9.17, 15) is 13.2 Å². The van der Waals surface area contributed by atoms with Gasteiger partial charge < -0.3 is 16.4 Å². The number of carbonyl (C=O) groups excluding carboxylic acids is 1. The molecule has 21 heavy (non-hydrogen) atoms. The molecule has 0 spiro atoms. The summed E-state index contributed by atoms with van der Waals surface area (Å²) in [6.07, 6.45) is 0. The Morgan fingerprint density at radius 2 is 1.86 bits per heavy atom. The molecule has 4 N–H and O–H groups in total. The average molecular weight is 314 g/mol. The third-order valence-corrected chi connectivity index (χ3v) is 5.11. The van der Waals surface area contributed by atoms with Crippen molar-refractivity contribution >= 4 is 27.3 Å². The molecule has 0 fully saturated rings. The van der Waals surface area contributed by atoms with E-state index in [2.05, 4.69) is 10.6 Å². The molecule has 1 rings (SSSR count). The smallest absolute Gasteiger partial charge is 0.243 e. The fraction of sp³-hybridized carbons (Fsp3) is 0.462. The molecular formula is C13H22N4O3S. The van der Waals surface area contributed by atoms with Crippen molar-refractivity contribution < 1.29 is 13.2 Å². The number of hydrogen-bond donors (Lipinski definition) is 3. The molecule has 8 heteroatoms. The lowest BCUT2D eigenvalue weighted by Crippen LogP contribution is -2.30. The van der Waals surface area contributed by atoms with Crippen molar-refractivity contribution in [3.63, 3.8) is 0 Å². The van der Waals surface area contributed by atoms with Crippen molar-refractivity contribution in [3.8, 4) is 0 Å². The van der Waals surface area contributed by atoms with E-state index in [0.29, 0.717) is 24.5 Å². The van der Waals surface area contributed by atoms with Crippen LogP contribution in [-0.2, 0) is 14.8 Å². The van der Waals surface area contributed by atoms with E-state index in [-0.39, 0.29) is 17.3 Å². The minimum atomic E-state index is -3.57. The summed E-state index contributed by atoms with van der Waals surface area (Å²) in [6, 6.07) is 4.56. The van der Waals surface area contributed by atoms with Crippen LogP contribution in [0.3, 0.4) is 0 Å². The number of amides is 1. The van der Waals surface area contributed by atoms with Crippen LogP contribution in [0.2, 0.25) is 0 Å². The zero-order valence-corrected chi connectivity index (χ0v) is 13.3. The first-order chi connectivity index (χ1) is 9.90. The lowest BCUT2D eigenvalue weighted by Gasteiger charge is -2.19. The summed E-state index contributed by atoms with van der Waals surface area (Å²) in [5, 5.41) is 5.49. The molecule has 0 radical (unpaired) electrons. The number of nitrogens with two attached hydrogens (primary N) is 1. The summed E-state index contributed by atoms with van der Waals surface area (Å²) in [4.78, 5) is 11.6. The van der Waals surface area contributed by atoms with Crippen molar-refractivity contribution in [2.75, 3.05) is 37.3 Å². The second-order valence-corrected chi connectivity index (χ2v) is 6.24. The van der Waals surface area contributed by atoms with Crippen LogP contribution in [0.15, 0.2) is 23.1 Å². The molecule has 1 aromatic carbocycles.